The molecule has 0 aliphatic carbocycles. The fourth-order valence-electron chi connectivity index (χ4n) is 1.36. The fourth-order valence-corrected chi connectivity index (χ4v) is 1.93. The Bertz CT molecular complexity index is 381. The van der Waals surface area contributed by atoms with Gasteiger partial charge >= 0.3 is 5.97 Å². The highest BCUT2D eigenvalue weighted by atomic mass is 32.2. The van der Waals surface area contributed by atoms with E-state index >= 15 is 0 Å². The van der Waals surface area contributed by atoms with E-state index in [9.17, 15) is 4.79 Å². The third-order valence-electron chi connectivity index (χ3n) is 2.08. The average molecular weight is 273 g/mol. The summed E-state index contributed by atoms with van der Waals surface area (Å²) in [6.45, 7) is 6.28. The third kappa shape index (κ3) is 5.05. The lowest BCUT2D eigenvalue weighted by Gasteiger charge is -2.08. The molecule has 1 aromatic rings. The van der Waals surface area contributed by atoms with Gasteiger partial charge in [0.05, 0.1) is 12.6 Å². The maximum Gasteiger partial charge on any atom is 0.316 e. The molecule has 0 aliphatic rings. The standard InChI is InChI=1S/C11H19N3O3S/c1-4-16-9(15)6-18-11-14-13-10(17-11)8(12)5-7(2)3/h7-8H,4-6,12H2,1-3H3/t8-/m1/s1. The van der Waals surface area contributed by atoms with Crippen molar-refractivity contribution in [1.82, 2.24) is 10.2 Å². The van der Waals surface area contributed by atoms with E-state index in [4.69, 9.17) is 14.9 Å². The number of nitrogens with zero attached hydrogens (tertiary/aromatic N) is 2. The molecule has 0 unspecified atom stereocenters. The highest BCUT2D eigenvalue weighted by molar-refractivity contribution is 7.99. The van der Waals surface area contributed by atoms with Gasteiger partial charge in [0.15, 0.2) is 0 Å². The molecule has 0 radical (unpaired) electrons. The molecule has 0 saturated heterocycles. The minimum absolute atomic E-state index is 0.162. The second-order valence-corrected chi connectivity index (χ2v) is 5.16. The predicted molar refractivity (Wildman–Crippen MR) is 68.0 cm³/mol. The summed E-state index contributed by atoms with van der Waals surface area (Å²) in [5.74, 6) is 0.737. The molecular weight excluding hydrogens is 254 g/mol. The first-order chi connectivity index (χ1) is 8.52. The molecule has 1 rings (SSSR count). The molecule has 6 nitrogen and oxygen atoms in total. The van der Waals surface area contributed by atoms with E-state index in [1.165, 1.54) is 0 Å². The summed E-state index contributed by atoms with van der Waals surface area (Å²) in [4.78, 5) is 11.1. The van der Waals surface area contributed by atoms with Crippen LogP contribution in [0.15, 0.2) is 9.64 Å². The van der Waals surface area contributed by atoms with E-state index in [0.29, 0.717) is 23.6 Å². The Morgan fingerprint density at radius 3 is 2.83 bits per heavy atom. The molecule has 7 heteroatoms. The van der Waals surface area contributed by atoms with Crippen LogP contribution in [0.3, 0.4) is 0 Å². The zero-order valence-electron chi connectivity index (χ0n) is 10.9. The van der Waals surface area contributed by atoms with Gasteiger partial charge in [-0.25, -0.2) is 0 Å². The normalized spacial score (nSPS) is 12.7. The number of esters is 1. The quantitative estimate of drug-likeness (QED) is 0.598. The number of nitrogens with two attached hydrogens (primary N) is 1. The Hall–Kier alpha value is -1.08. The Morgan fingerprint density at radius 1 is 1.50 bits per heavy atom. The SMILES string of the molecule is CCOC(=O)CSc1nnc([C@H](N)CC(C)C)o1. The average Bonchev–Trinajstić information content (AvgIpc) is 2.74. The molecular formula is C11H19N3O3S. The molecule has 0 fully saturated rings. The molecule has 0 aliphatic heterocycles. The van der Waals surface area contributed by atoms with Crippen LogP contribution in [0.2, 0.25) is 0 Å². The van der Waals surface area contributed by atoms with Crippen LogP contribution in [-0.4, -0.2) is 28.5 Å². The number of thioether (sulfide) groups is 1. The van der Waals surface area contributed by atoms with Gasteiger partial charge in [-0.2, -0.15) is 0 Å². The molecule has 18 heavy (non-hydrogen) atoms. The van der Waals surface area contributed by atoms with Gasteiger partial charge in [-0.05, 0) is 19.3 Å². The first-order valence-electron chi connectivity index (χ1n) is 5.90. The maximum atomic E-state index is 11.1. The van der Waals surface area contributed by atoms with E-state index < -0.39 is 0 Å². The fraction of sp³-hybridized carbons (Fsp3) is 0.727. The van der Waals surface area contributed by atoms with Crippen LogP contribution in [0.25, 0.3) is 0 Å². The second kappa shape index (κ2) is 7.38. The Balaban J connectivity index is 2.45. The van der Waals surface area contributed by atoms with Gasteiger partial charge < -0.3 is 14.9 Å². The number of ether oxygens (including phenoxy) is 1. The highest BCUT2D eigenvalue weighted by Crippen LogP contribution is 2.22. The molecule has 102 valence electrons. The van der Waals surface area contributed by atoms with Gasteiger partial charge in [0.2, 0.25) is 5.89 Å². The summed E-state index contributed by atoms with van der Waals surface area (Å²) in [6, 6.07) is -0.255. The van der Waals surface area contributed by atoms with Crippen LogP contribution in [0.1, 0.15) is 39.1 Å². The number of carbonyl (C=O) groups excluding carboxylic acids is 1. The Kier molecular flexibility index (Phi) is 6.14. The van der Waals surface area contributed by atoms with Gasteiger partial charge in [-0.15, -0.1) is 10.2 Å². The van der Waals surface area contributed by atoms with Crippen molar-refractivity contribution in [2.45, 2.75) is 38.5 Å². The lowest BCUT2D eigenvalue weighted by Crippen LogP contribution is -2.13. The Labute approximate surface area is 111 Å². The summed E-state index contributed by atoms with van der Waals surface area (Å²) in [6.07, 6.45) is 0.782. The van der Waals surface area contributed by atoms with Gasteiger partial charge in [-0.3, -0.25) is 4.79 Å². The minimum Gasteiger partial charge on any atom is -0.465 e. The van der Waals surface area contributed by atoms with Crippen molar-refractivity contribution in [2.24, 2.45) is 11.7 Å². The van der Waals surface area contributed by atoms with Crippen molar-refractivity contribution >= 4 is 17.7 Å². The van der Waals surface area contributed by atoms with Crippen molar-refractivity contribution in [3.8, 4) is 0 Å². The van der Waals surface area contributed by atoms with Crippen LogP contribution in [-0.2, 0) is 9.53 Å². The smallest absolute Gasteiger partial charge is 0.316 e. The summed E-state index contributed by atoms with van der Waals surface area (Å²) in [5, 5.41) is 8.06. The van der Waals surface area contributed by atoms with Crippen molar-refractivity contribution < 1.29 is 13.9 Å². The number of carbonyl (C=O) groups is 1. The Morgan fingerprint density at radius 2 is 2.22 bits per heavy atom. The van der Waals surface area contributed by atoms with Gasteiger partial charge in [0.1, 0.15) is 5.75 Å². The minimum atomic E-state index is -0.297. The van der Waals surface area contributed by atoms with Crippen LogP contribution in [0.4, 0.5) is 0 Å². The summed E-state index contributed by atoms with van der Waals surface area (Å²) in [5.41, 5.74) is 5.92. The molecule has 1 atom stereocenters. The first-order valence-corrected chi connectivity index (χ1v) is 6.88. The molecule has 0 bridgehead atoms. The van der Waals surface area contributed by atoms with Crippen LogP contribution in [0, 0.1) is 5.92 Å². The van der Waals surface area contributed by atoms with E-state index in [1.54, 1.807) is 6.92 Å². The first kappa shape index (κ1) is 15.0. The zero-order valence-corrected chi connectivity index (χ0v) is 11.7. The topological polar surface area (TPSA) is 91.2 Å². The van der Waals surface area contributed by atoms with Crippen molar-refractivity contribution in [3.63, 3.8) is 0 Å². The maximum absolute atomic E-state index is 11.1. The molecule has 1 aromatic heterocycles. The molecule has 1 heterocycles. The number of aromatic nitrogens is 2. The van der Waals surface area contributed by atoms with Crippen molar-refractivity contribution in [3.05, 3.63) is 5.89 Å². The van der Waals surface area contributed by atoms with Crippen molar-refractivity contribution in [2.75, 3.05) is 12.4 Å². The second-order valence-electron chi connectivity index (χ2n) is 4.24. The largest absolute Gasteiger partial charge is 0.465 e. The van der Waals surface area contributed by atoms with Crippen LogP contribution in [0.5, 0.6) is 0 Å². The summed E-state index contributed by atoms with van der Waals surface area (Å²) < 4.78 is 10.2. The van der Waals surface area contributed by atoms with Crippen LogP contribution < -0.4 is 5.73 Å². The molecule has 0 amide bonds. The predicted octanol–water partition coefficient (Wildman–Crippen LogP) is 1.77. The van der Waals surface area contributed by atoms with Gasteiger partial charge in [-0.1, -0.05) is 25.6 Å². The number of hydrogen-bond donors (Lipinski definition) is 1. The summed E-state index contributed by atoms with van der Waals surface area (Å²) >= 11 is 1.16. The monoisotopic (exact) mass is 273 g/mol. The molecule has 0 saturated carbocycles. The highest BCUT2D eigenvalue weighted by Gasteiger charge is 2.16. The van der Waals surface area contributed by atoms with E-state index in [2.05, 4.69) is 24.0 Å². The number of hydrogen-bond acceptors (Lipinski definition) is 7. The lowest BCUT2D eigenvalue weighted by molar-refractivity contribution is -0.139. The number of rotatable bonds is 7. The van der Waals surface area contributed by atoms with E-state index in [-0.39, 0.29) is 17.8 Å². The molecule has 0 aromatic carbocycles. The third-order valence-corrected chi connectivity index (χ3v) is 2.88. The summed E-state index contributed by atoms with van der Waals surface area (Å²) in [7, 11) is 0. The van der Waals surface area contributed by atoms with E-state index in [0.717, 1.165) is 18.2 Å². The van der Waals surface area contributed by atoms with E-state index in [1.807, 2.05) is 0 Å². The van der Waals surface area contributed by atoms with Gasteiger partial charge in [0.25, 0.3) is 5.22 Å². The van der Waals surface area contributed by atoms with Crippen LogP contribution >= 0.6 is 11.8 Å². The van der Waals surface area contributed by atoms with Gasteiger partial charge in [0, 0.05) is 0 Å². The molecule has 2 N–H and O–H groups in total. The zero-order chi connectivity index (χ0) is 13.5. The lowest BCUT2D eigenvalue weighted by atomic mass is 10.1. The molecule has 0 spiro atoms. The van der Waals surface area contributed by atoms with Crippen molar-refractivity contribution in [1.29, 1.82) is 0 Å².